The van der Waals surface area contributed by atoms with Crippen molar-refractivity contribution in [3.8, 4) is 0 Å². The summed E-state index contributed by atoms with van der Waals surface area (Å²) in [5, 5.41) is 26.6. The first-order chi connectivity index (χ1) is 29.1. The van der Waals surface area contributed by atoms with Gasteiger partial charge in [0.2, 0.25) is 11.8 Å². The third-order valence-electron chi connectivity index (χ3n) is 9.50. The number of carbonyl (C=O) groups excluding carboxylic acids is 3. The molecule has 0 aliphatic carbocycles. The van der Waals surface area contributed by atoms with Crippen LogP contribution in [0.4, 0.5) is 5.82 Å². The zero-order chi connectivity index (χ0) is 46.1. The van der Waals surface area contributed by atoms with E-state index in [1.165, 1.54) is 58.8 Å². The minimum Gasteiger partial charge on any atom is -0.386 e. The molecule has 7 atom stereocenters. The van der Waals surface area contributed by atoms with Gasteiger partial charge in [0.1, 0.15) is 36.3 Å². The van der Waals surface area contributed by atoms with Crippen molar-refractivity contribution in [2.45, 2.75) is 128 Å². The molecule has 354 valence electrons. The number of nitrogens with two attached hydrogens (primary N) is 1. The highest BCUT2D eigenvalue weighted by atomic mass is 32.2. The van der Waals surface area contributed by atoms with Crippen LogP contribution in [0.1, 0.15) is 104 Å². The molecule has 0 spiro atoms. The van der Waals surface area contributed by atoms with E-state index in [0.717, 1.165) is 48.2 Å². The fourth-order valence-electron chi connectivity index (χ4n) is 6.12. The van der Waals surface area contributed by atoms with Crippen molar-refractivity contribution in [2.24, 2.45) is 5.41 Å². The van der Waals surface area contributed by atoms with Gasteiger partial charge >= 0.3 is 23.5 Å². The Bertz CT molecular complexity index is 1910. The molecule has 3 heterocycles. The number of nitrogen functional groups attached to an aromatic ring is 1. The van der Waals surface area contributed by atoms with Gasteiger partial charge in [-0.3, -0.25) is 32.5 Å². The van der Waals surface area contributed by atoms with E-state index < -0.39 is 84.6 Å². The number of aliphatic hydroxyl groups excluding tert-OH is 2. The number of unbranched alkanes of at least 4 members (excludes halogenated alkanes) is 9. The summed E-state index contributed by atoms with van der Waals surface area (Å²) in [5.74, 6) is -1.02. The van der Waals surface area contributed by atoms with Gasteiger partial charge < -0.3 is 50.9 Å². The molecule has 1 fully saturated rings. The Morgan fingerprint density at radius 3 is 2.19 bits per heavy atom. The summed E-state index contributed by atoms with van der Waals surface area (Å²) in [6.45, 7) is 2.78. The minimum atomic E-state index is -5.57. The molecule has 10 N–H and O–H groups in total. The number of phosphoric acid groups is 3. The molecule has 2 amide bonds. The van der Waals surface area contributed by atoms with Crippen LogP contribution >= 0.6 is 35.2 Å². The first-order valence-electron chi connectivity index (χ1n) is 20.1. The fourth-order valence-corrected chi connectivity index (χ4v) is 9.67. The van der Waals surface area contributed by atoms with Gasteiger partial charge in [-0.2, -0.15) is 4.31 Å². The molecule has 0 bridgehead atoms. The molecule has 0 radical (unpaired) electrons. The number of phosphoric ester groups is 3. The smallest absolute Gasteiger partial charge is 0.386 e. The van der Waals surface area contributed by atoms with Crippen molar-refractivity contribution in [2.75, 3.05) is 37.8 Å². The molecule has 1 aliphatic heterocycles. The van der Waals surface area contributed by atoms with Crippen molar-refractivity contribution >= 4 is 69.1 Å². The Hall–Kier alpha value is -2.44. The van der Waals surface area contributed by atoms with Crippen LogP contribution in [0.5, 0.6) is 0 Å². The summed E-state index contributed by atoms with van der Waals surface area (Å²) in [4.78, 5) is 88.1. The van der Waals surface area contributed by atoms with Crippen molar-refractivity contribution in [1.82, 2.24) is 30.2 Å². The molecule has 3 unspecified atom stereocenters. The summed E-state index contributed by atoms with van der Waals surface area (Å²) in [7, 11) is -16.4. The average Bonchev–Trinajstić information content (AvgIpc) is 3.75. The normalized spacial score (nSPS) is 20.7. The molecule has 0 aromatic carbocycles. The van der Waals surface area contributed by atoms with Gasteiger partial charge in [-0.05, 0) is 6.42 Å². The van der Waals surface area contributed by atoms with Crippen molar-refractivity contribution in [3.63, 3.8) is 0 Å². The Morgan fingerprint density at radius 1 is 0.919 bits per heavy atom. The minimum absolute atomic E-state index is 0.0334. The molecule has 2 aromatic rings. The third-order valence-corrected chi connectivity index (χ3v) is 13.5. The average molecular weight is 964 g/mol. The number of imidazole rings is 1. The molecule has 1 aliphatic rings. The Morgan fingerprint density at radius 2 is 1.55 bits per heavy atom. The molecule has 24 nitrogen and oxygen atoms in total. The van der Waals surface area contributed by atoms with Crippen LogP contribution in [0.2, 0.25) is 0 Å². The maximum absolute atomic E-state index is 12.7. The predicted molar refractivity (Wildman–Crippen MR) is 224 cm³/mol. The van der Waals surface area contributed by atoms with E-state index in [0.29, 0.717) is 12.2 Å². The van der Waals surface area contributed by atoms with Gasteiger partial charge in [-0.25, -0.2) is 28.6 Å². The number of anilines is 1. The molecular weight excluding hydrogens is 903 g/mol. The number of aromatic nitrogens is 4. The number of nitrogens with one attached hydrogen (secondary N) is 2. The molecule has 1 saturated heterocycles. The van der Waals surface area contributed by atoms with E-state index in [9.17, 15) is 57.9 Å². The van der Waals surface area contributed by atoms with Crippen LogP contribution in [0, 0.1) is 5.41 Å². The van der Waals surface area contributed by atoms with Gasteiger partial charge in [-0.1, -0.05) is 90.3 Å². The SMILES string of the molecule is CCCCCCCCCCCCC(=O)SCCNC(=O)CCNC(=O)[C@H](O)C(C)(C)COP(=O)(O)OP(=O)(O)OC[C@H]1O[C@@H](n2cnc3c(N)ncnc32)[C@@H](O)C1OP(=O)(O)O. The summed E-state index contributed by atoms with van der Waals surface area (Å²) in [6, 6.07) is 0. The van der Waals surface area contributed by atoms with E-state index in [1.807, 2.05) is 0 Å². The standard InChI is InChI=1S/C34H60N7O17P3S/c1-4-5-6-7-8-9-10-11-12-13-14-25(43)62-18-17-36-24(42)15-16-37-32(46)29(45)34(2,3)20-55-61(52,53)58-60(50,51)54-19-23-28(57-59(47,48)49)27(44)33(56-23)41-22-40-26-30(35)38-21-39-31(26)41/h21-23,27-29,33,44-45H,4-20H2,1-3H3,(H,36,42)(H,37,46)(H,50,51)(H,52,53)(H2,35,38,39)(H2,47,48,49)/t23-,27+,28?,29+,33-/m1/s1. The number of fused-ring (bicyclic) bond motifs is 1. The fraction of sp³-hybridized carbons (Fsp3) is 0.765. The molecule has 62 heavy (non-hydrogen) atoms. The number of carbonyl (C=O) groups is 3. The number of hydrogen-bond acceptors (Lipinski definition) is 18. The van der Waals surface area contributed by atoms with E-state index >= 15 is 0 Å². The summed E-state index contributed by atoms with van der Waals surface area (Å²) >= 11 is 1.15. The van der Waals surface area contributed by atoms with Crippen LogP contribution < -0.4 is 16.4 Å². The van der Waals surface area contributed by atoms with Crippen LogP contribution in [0.15, 0.2) is 12.7 Å². The summed E-state index contributed by atoms with van der Waals surface area (Å²) < 4.78 is 62.3. The van der Waals surface area contributed by atoms with E-state index in [-0.39, 0.29) is 41.6 Å². The predicted octanol–water partition coefficient (Wildman–Crippen LogP) is 2.98. The Labute approximate surface area is 363 Å². The number of rotatable bonds is 30. The highest BCUT2D eigenvalue weighted by Gasteiger charge is 2.50. The third kappa shape index (κ3) is 18.6. The number of aliphatic hydroxyl groups is 2. The van der Waals surface area contributed by atoms with Crippen LogP contribution in [-0.4, -0.2) is 123 Å². The summed E-state index contributed by atoms with van der Waals surface area (Å²) in [6.07, 6.45) is 5.38. The number of thioether (sulfide) groups is 1. The largest absolute Gasteiger partial charge is 0.481 e. The van der Waals surface area contributed by atoms with Gasteiger partial charge in [0, 0.05) is 37.1 Å². The van der Waals surface area contributed by atoms with Gasteiger partial charge in [0.25, 0.3) is 0 Å². The zero-order valence-electron chi connectivity index (χ0n) is 34.9. The van der Waals surface area contributed by atoms with Crippen molar-refractivity contribution in [3.05, 3.63) is 12.7 Å². The number of nitrogens with zero attached hydrogens (tertiary/aromatic N) is 4. The quantitative estimate of drug-likeness (QED) is 0.0401. The van der Waals surface area contributed by atoms with Crippen LogP contribution in [0.25, 0.3) is 11.2 Å². The number of hydrogen-bond donors (Lipinski definition) is 9. The van der Waals surface area contributed by atoms with Gasteiger partial charge in [0.05, 0.1) is 19.5 Å². The Balaban J connectivity index is 1.37. The van der Waals surface area contributed by atoms with Gasteiger partial charge in [0.15, 0.2) is 22.8 Å². The highest BCUT2D eigenvalue weighted by molar-refractivity contribution is 8.13. The number of amides is 2. The lowest BCUT2D eigenvalue weighted by atomic mass is 9.87. The monoisotopic (exact) mass is 963 g/mol. The second-order valence-corrected chi connectivity index (χ2v) is 20.6. The maximum atomic E-state index is 12.7. The van der Waals surface area contributed by atoms with Crippen LogP contribution in [-0.2, 0) is 50.7 Å². The zero-order valence-corrected chi connectivity index (χ0v) is 38.4. The molecular formula is C34H60N7O17P3S. The van der Waals surface area contributed by atoms with Gasteiger partial charge in [-0.15, -0.1) is 0 Å². The lowest BCUT2D eigenvalue weighted by Gasteiger charge is -2.30. The van der Waals surface area contributed by atoms with E-state index in [2.05, 4.69) is 41.3 Å². The number of ether oxygens (including phenoxy) is 1. The van der Waals surface area contributed by atoms with Crippen molar-refractivity contribution < 1.29 is 80.5 Å². The van der Waals surface area contributed by atoms with E-state index in [4.69, 9.17) is 19.5 Å². The molecule has 0 saturated carbocycles. The maximum Gasteiger partial charge on any atom is 0.481 e. The highest BCUT2D eigenvalue weighted by Crippen LogP contribution is 2.61. The lowest BCUT2D eigenvalue weighted by molar-refractivity contribution is -0.137. The topological polar surface area (TPSA) is 364 Å². The first kappa shape index (κ1) is 53.9. The molecule has 2 aromatic heterocycles. The van der Waals surface area contributed by atoms with Crippen LogP contribution in [0.3, 0.4) is 0 Å². The van der Waals surface area contributed by atoms with E-state index in [1.54, 1.807) is 0 Å². The Kier molecular flexibility index (Phi) is 22.0. The molecule has 3 rings (SSSR count). The summed E-state index contributed by atoms with van der Waals surface area (Å²) in [5.41, 5.74) is 4.28. The second-order valence-electron chi connectivity index (χ2n) is 15.2. The molecule has 28 heteroatoms. The second kappa shape index (κ2) is 25.3. The van der Waals surface area contributed by atoms with Crippen molar-refractivity contribution in [1.29, 1.82) is 0 Å². The first-order valence-corrected chi connectivity index (χ1v) is 25.6. The lowest BCUT2D eigenvalue weighted by Crippen LogP contribution is -2.46.